The Hall–Kier alpha value is -1.56. The van der Waals surface area contributed by atoms with E-state index in [1.807, 2.05) is 0 Å². The highest BCUT2D eigenvalue weighted by Gasteiger charge is 2.19. The minimum atomic E-state index is -0.655. The number of rotatable bonds is 2. The van der Waals surface area contributed by atoms with E-state index >= 15 is 0 Å². The van der Waals surface area contributed by atoms with Crippen molar-refractivity contribution in [3.8, 4) is 5.75 Å². The van der Waals surface area contributed by atoms with Crippen molar-refractivity contribution in [3.05, 3.63) is 21.3 Å². The molecule has 0 radical (unpaired) electrons. The molecule has 0 saturated carbocycles. The van der Waals surface area contributed by atoms with Gasteiger partial charge in [0.2, 0.25) is 0 Å². The van der Waals surface area contributed by atoms with Gasteiger partial charge in [-0.1, -0.05) is 11.6 Å². The first kappa shape index (κ1) is 9.53. The zero-order valence-electron chi connectivity index (χ0n) is 6.65. The molecule has 0 aromatic carbocycles. The summed E-state index contributed by atoms with van der Waals surface area (Å²) >= 11 is 5.62. The topological polar surface area (TPSA) is 91.3 Å². The number of nitrogens with two attached hydrogens (primary N) is 1. The van der Waals surface area contributed by atoms with Crippen molar-refractivity contribution < 1.29 is 9.66 Å². The van der Waals surface area contributed by atoms with E-state index in [1.165, 1.54) is 7.11 Å². The van der Waals surface area contributed by atoms with Crippen LogP contribution in [0.25, 0.3) is 0 Å². The van der Waals surface area contributed by atoms with Crippen LogP contribution in [-0.4, -0.2) is 17.0 Å². The minimum absolute atomic E-state index is 0.0240. The van der Waals surface area contributed by atoms with E-state index in [0.717, 1.165) is 6.20 Å². The van der Waals surface area contributed by atoms with E-state index in [-0.39, 0.29) is 22.3 Å². The molecule has 0 aliphatic heterocycles. The van der Waals surface area contributed by atoms with Crippen molar-refractivity contribution in [2.24, 2.45) is 0 Å². The summed E-state index contributed by atoms with van der Waals surface area (Å²) in [7, 11) is 1.31. The van der Waals surface area contributed by atoms with E-state index in [1.54, 1.807) is 0 Å². The number of methoxy groups -OCH3 is 1. The zero-order chi connectivity index (χ0) is 10.0. The van der Waals surface area contributed by atoms with Crippen molar-refractivity contribution in [1.29, 1.82) is 0 Å². The fourth-order valence-electron chi connectivity index (χ4n) is 0.796. The molecule has 7 heteroatoms. The Kier molecular flexibility index (Phi) is 2.52. The summed E-state index contributed by atoms with van der Waals surface area (Å²) in [6.07, 6.45) is 0.986. The molecule has 13 heavy (non-hydrogen) atoms. The number of halogens is 1. The Balaban J connectivity index is 3.35. The highest BCUT2D eigenvalue weighted by molar-refractivity contribution is 6.34. The Morgan fingerprint density at radius 2 is 2.38 bits per heavy atom. The second-order valence-electron chi connectivity index (χ2n) is 2.13. The van der Waals surface area contributed by atoms with Gasteiger partial charge in [-0.05, 0) is 0 Å². The van der Waals surface area contributed by atoms with Gasteiger partial charge in [0, 0.05) is 0 Å². The molecule has 1 aromatic heterocycles. The lowest BCUT2D eigenvalue weighted by Crippen LogP contribution is -1.99. The van der Waals surface area contributed by atoms with Crippen LogP contribution in [0.15, 0.2) is 6.20 Å². The van der Waals surface area contributed by atoms with E-state index in [2.05, 4.69) is 4.98 Å². The molecule has 1 aromatic rings. The van der Waals surface area contributed by atoms with Crippen molar-refractivity contribution in [1.82, 2.24) is 4.98 Å². The van der Waals surface area contributed by atoms with Crippen LogP contribution in [0.4, 0.5) is 11.5 Å². The van der Waals surface area contributed by atoms with E-state index in [9.17, 15) is 10.1 Å². The molecule has 0 bridgehead atoms. The second kappa shape index (κ2) is 3.44. The first-order valence-electron chi connectivity index (χ1n) is 3.20. The van der Waals surface area contributed by atoms with Crippen molar-refractivity contribution in [3.63, 3.8) is 0 Å². The van der Waals surface area contributed by atoms with Crippen LogP contribution in [0, 0.1) is 10.1 Å². The molecule has 70 valence electrons. The number of anilines is 1. The maximum Gasteiger partial charge on any atom is 0.309 e. The molecule has 0 fully saturated rings. The van der Waals surface area contributed by atoms with Crippen LogP contribution < -0.4 is 10.5 Å². The Morgan fingerprint density at radius 3 is 2.85 bits per heavy atom. The summed E-state index contributed by atoms with van der Waals surface area (Å²) in [5, 5.41) is 10.2. The lowest BCUT2D eigenvalue weighted by atomic mass is 10.4. The third-order valence-corrected chi connectivity index (χ3v) is 1.75. The maximum atomic E-state index is 10.4. The molecule has 6 nitrogen and oxygen atoms in total. The van der Waals surface area contributed by atoms with Gasteiger partial charge in [0.25, 0.3) is 0 Å². The molecule has 0 aliphatic carbocycles. The monoisotopic (exact) mass is 203 g/mol. The summed E-state index contributed by atoms with van der Waals surface area (Å²) in [5.41, 5.74) is 5.03. The van der Waals surface area contributed by atoms with Gasteiger partial charge in [0.1, 0.15) is 6.20 Å². The summed E-state index contributed by atoms with van der Waals surface area (Å²) in [4.78, 5) is 13.3. The fourth-order valence-corrected chi connectivity index (χ4v) is 1.09. The highest BCUT2D eigenvalue weighted by Crippen LogP contribution is 2.36. The Bertz CT molecular complexity index is 355. The molecular weight excluding hydrogens is 198 g/mol. The van der Waals surface area contributed by atoms with Gasteiger partial charge in [0.15, 0.2) is 16.6 Å². The van der Waals surface area contributed by atoms with Gasteiger partial charge in [0.05, 0.1) is 12.0 Å². The lowest BCUT2D eigenvalue weighted by Gasteiger charge is -2.04. The van der Waals surface area contributed by atoms with Gasteiger partial charge in [-0.2, -0.15) is 0 Å². The van der Waals surface area contributed by atoms with Crippen LogP contribution in [0.3, 0.4) is 0 Å². The van der Waals surface area contributed by atoms with E-state index in [0.29, 0.717) is 0 Å². The van der Waals surface area contributed by atoms with Crippen molar-refractivity contribution in [2.45, 2.75) is 0 Å². The standard InChI is InChI=1S/C6H6ClN3O3/c1-13-5-4(7)3(10(11)12)2-9-6(5)8/h2H,1H3,(H2,8,9). The van der Waals surface area contributed by atoms with Crippen LogP contribution >= 0.6 is 11.6 Å². The molecular formula is C6H6ClN3O3. The van der Waals surface area contributed by atoms with Gasteiger partial charge < -0.3 is 10.5 Å². The number of pyridine rings is 1. The summed E-state index contributed by atoms with van der Waals surface area (Å²) < 4.78 is 4.74. The summed E-state index contributed by atoms with van der Waals surface area (Å²) in [6.45, 7) is 0. The Morgan fingerprint density at radius 1 is 1.77 bits per heavy atom. The van der Waals surface area contributed by atoms with Crippen LogP contribution in [0.5, 0.6) is 5.75 Å². The quantitative estimate of drug-likeness (QED) is 0.577. The molecule has 0 amide bonds. The SMILES string of the molecule is COc1c(N)ncc([N+](=O)[O-])c1Cl. The number of nitro groups is 1. The van der Waals surface area contributed by atoms with Gasteiger partial charge in [-0.25, -0.2) is 4.98 Å². The number of nitrogen functional groups attached to an aromatic ring is 1. The Labute approximate surface area is 78.4 Å². The minimum Gasteiger partial charge on any atom is -0.491 e. The summed E-state index contributed by atoms with van der Waals surface area (Å²) in [6, 6.07) is 0. The maximum absolute atomic E-state index is 10.4. The third-order valence-electron chi connectivity index (χ3n) is 1.38. The van der Waals surface area contributed by atoms with Crippen molar-refractivity contribution in [2.75, 3.05) is 12.8 Å². The van der Waals surface area contributed by atoms with Gasteiger partial charge in [-0.3, -0.25) is 10.1 Å². The van der Waals surface area contributed by atoms with Crippen LogP contribution in [0.1, 0.15) is 0 Å². The largest absolute Gasteiger partial charge is 0.491 e. The average Bonchev–Trinajstić information content (AvgIpc) is 2.04. The predicted octanol–water partition coefficient (Wildman–Crippen LogP) is 1.23. The van der Waals surface area contributed by atoms with Gasteiger partial charge in [-0.15, -0.1) is 0 Å². The van der Waals surface area contributed by atoms with E-state index < -0.39 is 4.92 Å². The van der Waals surface area contributed by atoms with E-state index in [4.69, 9.17) is 22.1 Å². The normalized spacial score (nSPS) is 9.69. The molecule has 0 unspecified atom stereocenters. The smallest absolute Gasteiger partial charge is 0.309 e. The molecule has 0 spiro atoms. The molecule has 1 rings (SSSR count). The fraction of sp³-hybridized carbons (Fsp3) is 0.167. The molecule has 0 atom stereocenters. The number of ether oxygens (including phenoxy) is 1. The van der Waals surface area contributed by atoms with Gasteiger partial charge >= 0.3 is 5.69 Å². The summed E-state index contributed by atoms with van der Waals surface area (Å²) in [5.74, 6) is 0.0500. The number of hydrogen-bond acceptors (Lipinski definition) is 5. The zero-order valence-corrected chi connectivity index (χ0v) is 7.41. The lowest BCUT2D eigenvalue weighted by molar-refractivity contribution is -0.385. The number of hydrogen-bond donors (Lipinski definition) is 1. The number of aromatic nitrogens is 1. The van der Waals surface area contributed by atoms with Crippen LogP contribution in [0.2, 0.25) is 5.02 Å². The van der Waals surface area contributed by atoms with Crippen LogP contribution in [-0.2, 0) is 0 Å². The molecule has 1 heterocycles. The second-order valence-corrected chi connectivity index (χ2v) is 2.51. The highest BCUT2D eigenvalue weighted by atomic mass is 35.5. The molecule has 0 saturated heterocycles. The molecule has 2 N–H and O–H groups in total. The number of nitrogens with zero attached hydrogens (tertiary/aromatic N) is 2. The first-order valence-corrected chi connectivity index (χ1v) is 3.58. The third kappa shape index (κ3) is 1.62. The molecule has 0 aliphatic rings. The van der Waals surface area contributed by atoms with Crippen molar-refractivity contribution >= 4 is 23.1 Å². The first-order chi connectivity index (χ1) is 6.07. The predicted molar refractivity (Wildman–Crippen MR) is 46.9 cm³/mol. The average molecular weight is 204 g/mol.